The van der Waals surface area contributed by atoms with Gasteiger partial charge in [-0.3, -0.25) is 4.90 Å². The van der Waals surface area contributed by atoms with Crippen LogP contribution in [0.3, 0.4) is 0 Å². The molecule has 33 heavy (non-hydrogen) atoms. The lowest BCUT2D eigenvalue weighted by molar-refractivity contribution is -0.0309. The van der Waals surface area contributed by atoms with Crippen molar-refractivity contribution in [2.45, 2.75) is 31.4 Å². The number of likely N-dealkylation sites (tertiary alicyclic amines) is 1. The van der Waals surface area contributed by atoms with Crippen LogP contribution in [-0.2, 0) is 0 Å². The number of hydrogen-bond donors (Lipinski definition) is 1. The molecule has 2 atom stereocenters. The molecule has 1 heterocycles. The average Bonchev–Trinajstić information content (AvgIpc) is 2.72. The maximum atomic E-state index is 13.9. The largest absolute Gasteiger partial charge is 0.390 e. The molecule has 0 saturated carbocycles. The molecule has 0 amide bonds. The van der Waals surface area contributed by atoms with E-state index in [0.29, 0.717) is 29.2 Å². The molecule has 3 aromatic carbocycles. The SMILES string of the molecule is CC(C)(O)[C@H](c1cc(F)cc(F)c1)C1CN(C(c2ccc(Cl)cc2)c2cccc(C#N)c2)C1. The number of hydrogen-bond acceptors (Lipinski definition) is 3. The lowest BCUT2D eigenvalue weighted by atomic mass is 9.71. The van der Waals surface area contributed by atoms with E-state index in [1.54, 1.807) is 19.9 Å². The molecule has 3 aromatic rings. The van der Waals surface area contributed by atoms with E-state index in [0.717, 1.165) is 17.2 Å². The van der Waals surface area contributed by atoms with Crippen molar-refractivity contribution in [3.8, 4) is 6.07 Å². The van der Waals surface area contributed by atoms with Crippen molar-refractivity contribution >= 4 is 11.6 Å². The smallest absolute Gasteiger partial charge is 0.126 e. The maximum Gasteiger partial charge on any atom is 0.126 e. The predicted octanol–water partition coefficient (Wildman–Crippen LogP) is 6.07. The van der Waals surface area contributed by atoms with Gasteiger partial charge in [0.05, 0.1) is 23.3 Å². The van der Waals surface area contributed by atoms with E-state index in [-0.39, 0.29) is 12.0 Å². The number of nitriles is 1. The third kappa shape index (κ3) is 5.09. The summed E-state index contributed by atoms with van der Waals surface area (Å²) in [6, 6.07) is 20.6. The highest BCUT2D eigenvalue weighted by Gasteiger charge is 2.44. The van der Waals surface area contributed by atoms with E-state index in [1.165, 1.54) is 12.1 Å². The van der Waals surface area contributed by atoms with Crippen molar-refractivity contribution in [1.82, 2.24) is 4.90 Å². The van der Waals surface area contributed by atoms with Crippen molar-refractivity contribution in [2.75, 3.05) is 13.1 Å². The molecule has 170 valence electrons. The predicted molar refractivity (Wildman–Crippen MR) is 125 cm³/mol. The number of rotatable bonds is 6. The molecule has 1 saturated heterocycles. The zero-order valence-electron chi connectivity index (χ0n) is 18.5. The summed E-state index contributed by atoms with van der Waals surface area (Å²) in [5, 5.41) is 20.9. The molecule has 0 aromatic heterocycles. The van der Waals surface area contributed by atoms with Crippen LogP contribution in [0.25, 0.3) is 0 Å². The minimum atomic E-state index is -1.16. The molecule has 1 aliphatic rings. The molecule has 1 aliphatic heterocycles. The molecular weight excluding hydrogens is 442 g/mol. The first-order valence-corrected chi connectivity index (χ1v) is 11.2. The molecule has 0 radical (unpaired) electrons. The number of halogens is 3. The van der Waals surface area contributed by atoms with Gasteiger partial charge in [-0.05, 0) is 72.9 Å². The first kappa shape index (κ1) is 23.4. The lowest BCUT2D eigenvalue weighted by Crippen LogP contribution is -2.54. The van der Waals surface area contributed by atoms with Crippen molar-refractivity contribution in [3.63, 3.8) is 0 Å². The summed E-state index contributed by atoms with van der Waals surface area (Å²) in [4.78, 5) is 2.25. The second-order valence-electron chi connectivity index (χ2n) is 9.24. The minimum Gasteiger partial charge on any atom is -0.390 e. The zero-order valence-corrected chi connectivity index (χ0v) is 19.2. The highest BCUT2D eigenvalue weighted by atomic mass is 35.5. The lowest BCUT2D eigenvalue weighted by Gasteiger charge is -2.50. The molecule has 0 bridgehead atoms. The van der Waals surface area contributed by atoms with Crippen LogP contribution < -0.4 is 0 Å². The summed E-state index contributed by atoms with van der Waals surface area (Å²) >= 11 is 6.10. The second kappa shape index (κ2) is 9.23. The number of benzene rings is 3. The molecule has 1 N–H and O–H groups in total. The molecule has 4 rings (SSSR count). The highest BCUT2D eigenvalue weighted by molar-refractivity contribution is 6.30. The summed E-state index contributed by atoms with van der Waals surface area (Å²) < 4.78 is 27.9. The normalized spacial score (nSPS) is 16.6. The monoisotopic (exact) mass is 466 g/mol. The van der Waals surface area contributed by atoms with E-state index in [1.807, 2.05) is 42.5 Å². The average molecular weight is 467 g/mol. The van der Waals surface area contributed by atoms with Crippen LogP contribution in [0.2, 0.25) is 5.02 Å². The van der Waals surface area contributed by atoms with Crippen LogP contribution in [0.1, 0.15) is 48.1 Å². The highest BCUT2D eigenvalue weighted by Crippen LogP contribution is 2.44. The van der Waals surface area contributed by atoms with Gasteiger partial charge in [-0.25, -0.2) is 8.78 Å². The van der Waals surface area contributed by atoms with Gasteiger partial charge in [-0.15, -0.1) is 0 Å². The quantitative estimate of drug-likeness (QED) is 0.480. The Morgan fingerprint density at radius 1 is 0.970 bits per heavy atom. The van der Waals surface area contributed by atoms with Gasteiger partial charge in [-0.2, -0.15) is 5.26 Å². The Bertz CT molecular complexity index is 1160. The molecule has 3 nitrogen and oxygen atoms in total. The Kier molecular flexibility index (Phi) is 6.54. The topological polar surface area (TPSA) is 47.3 Å². The van der Waals surface area contributed by atoms with Crippen molar-refractivity contribution in [1.29, 1.82) is 5.26 Å². The van der Waals surface area contributed by atoms with Crippen LogP contribution in [0.5, 0.6) is 0 Å². The van der Waals surface area contributed by atoms with E-state index in [4.69, 9.17) is 11.6 Å². The molecular formula is C27H25ClF2N2O. The van der Waals surface area contributed by atoms with Crippen molar-refractivity contribution in [2.24, 2.45) is 5.92 Å². The summed E-state index contributed by atoms with van der Waals surface area (Å²) in [6.07, 6.45) is 0. The van der Waals surface area contributed by atoms with Crippen LogP contribution >= 0.6 is 11.6 Å². The Morgan fingerprint density at radius 2 is 1.61 bits per heavy atom. The molecule has 1 fully saturated rings. The Labute approximate surface area is 197 Å². The van der Waals surface area contributed by atoms with Gasteiger partial charge >= 0.3 is 0 Å². The van der Waals surface area contributed by atoms with Crippen molar-refractivity contribution in [3.05, 3.63) is 106 Å². The standard InChI is InChI=1S/C27H25ClF2N2O/c1-27(2,33)25(20-11-23(29)13-24(30)12-20)21-15-32(16-21)26(18-6-8-22(28)9-7-18)19-5-3-4-17(10-19)14-31/h3-13,21,25-26,33H,15-16H2,1-2H3/t25-,26?/m1/s1. The van der Waals surface area contributed by atoms with Crippen LogP contribution in [0.4, 0.5) is 8.78 Å². The zero-order chi connectivity index (χ0) is 23.8. The van der Waals surface area contributed by atoms with E-state index >= 15 is 0 Å². The number of nitrogens with zero attached hydrogens (tertiary/aromatic N) is 2. The van der Waals surface area contributed by atoms with Gasteiger partial charge in [-0.1, -0.05) is 35.9 Å². The van der Waals surface area contributed by atoms with Gasteiger partial charge in [0.2, 0.25) is 0 Å². The molecule has 0 aliphatic carbocycles. The molecule has 6 heteroatoms. The summed E-state index contributed by atoms with van der Waals surface area (Å²) in [6.45, 7) is 4.60. The first-order chi connectivity index (χ1) is 15.7. The second-order valence-corrected chi connectivity index (χ2v) is 9.68. The van der Waals surface area contributed by atoms with Gasteiger partial charge in [0.15, 0.2) is 0 Å². The third-order valence-corrected chi connectivity index (χ3v) is 6.55. The van der Waals surface area contributed by atoms with E-state index < -0.39 is 23.2 Å². The Balaban J connectivity index is 1.65. The fourth-order valence-corrected chi connectivity index (χ4v) is 5.15. The molecule has 0 spiro atoms. The third-order valence-electron chi connectivity index (χ3n) is 6.30. The van der Waals surface area contributed by atoms with Crippen LogP contribution in [-0.4, -0.2) is 28.7 Å². The number of aliphatic hydroxyl groups is 1. The summed E-state index contributed by atoms with van der Waals surface area (Å²) in [5.41, 5.74) is 1.89. The fourth-order valence-electron chi connectivity index (χ4n) is 5.02. The molecule has 1 unspecified atom stereocenters. The van der Waals surface area contributed by atoms with Gasteiger partial charge < -0.3 is 5.11 Å². The minimum absolute atomic E-state index is 0.000139. The Morgan fingerprint density at radius 3 is 2.18 bits per heavy atom. The summed E-state index contributed by atoms with van der Waals surface area (Å²) in [5.74, 6) is -1.74. The first-order valence-electron chi connectivity index (χ1n) is 10.8. The fraction of sp³-hybridized carbons (Fsp3) is 0.296. The Hall–Kier alpha value is -2.78. The van der Waals surface area contributed by atoms with E-state index in [9.17, 15) is 19.1 Å². The van der Waals surface area contributed by atoms with Gasteiger partial charge in [0, 0.05) is 30.1 Å². The van der Waals surface area contributed by atoms with Crippen molar-refractivity contribution < 1.29 is 13.9 Å². The van der Waals surface area contributed by atoms with Gasteiger partial charge in [0.1, 0.15) is 11.6 Å². The maximum absolute atomic E-state index is 13.9. The van der Waals surface area contributed by atoms with Gasteiger partial charge in [0.25, 0.3) is 0 Å². The summed E-state index contributed by atoms with van der Waals surface area (Å²) in [7, 11) is 0. The van der Waals surface area contributed by atoms with E-state index in [2.05, 4.69) is 11.0 Å². The van der Waals surface area contributed by atoms with Crippen LogP contribution in [0.15, 0.2) is 66.7 Å². The van der Waals surface area contributed by atoms with Crippen LogP contribution in [0, 0.1) is 28.9 Å².